The van der Waals surface area contributed by atoms with Crippen molar-refractivity contribution in [2.75, 3.05) is 13.1 Å². The normalized spacial score (nSPS) is 15.3. The van der Waals surface area contributed by atoms with Crippen LogP contribution in [0.5, 0.6) is 0 Å². The molecule has 3 heteroatoms. The molecule has 0 spiro atoms. The Morgan fingerprint density at radius 2 is 1.71 bits per heavy atom. The number of nitrogens with zero attached hydrogens (tertiary/aromatic N) is 1. The summed E-state index contributed by atoms with van der Waals surface area (Å²) in [7, 11) is 0. The summed E-state index contributed by atoms with van der Waals surface area (Å²) in [4.78, 5) is 14.3. The van der Waals surface area contributed by atoms with Crippen LogP contribution in [0.25, 0.3) is 0 Å². The minimum atomic E-state index is 0.0661. The second-order valence-electron chi connectivity index (χ2n) is 6.71. The first-order valence-corrected chi connectivity index (χ1v) is 8.83. The summed E-state index contributed by atoms with van der Waals surface area (Å²) >= 11 is 0. The molecule has 1 aliphatic heterocycles. The van der Waals surface area contributed by atoms with Gasteiger partial charge in [-0.2, -0.15) is 0 Å². The van der Waals surface area contributed by atoms with Crippen molar-refractivity contribution < 1.29 is 4.79 Å². The lowest BCUT2D eigenvalue weighted by Crippen LogP contribution is -2.44. The molecule has 3 nitrogen and oxygen atoms in total. The number of nitrogens with one attached hydrogen (secondary N) is 1. The fraction of sp³-hybridized carbons (Fsp3) is 0.381. The number of hydrogen-bond acceptors (Lipinski definition) is 1. The number of amides is 2. The van der Waals surface area contributed by atoms with Gasteiger partial charge in [-0.05, 0) is 48.8 Å². The molecule has 3 rings (SSSR count). The maximum Gasteiger partial charge on any atom is 0.317 e. The van der Waals surface area contributed by atoms with Gasteiger partial charge in [0, 0.05) is 19.6 Å². The number of likely N-dealkylation sites (tertiary alicyclic amines) is 1. The fourth-order valence-corrected chi connectivity index (χ4v) is 3.38. The van der Waals surface area contributed by atoms with Gasteiger partial charge in [-0.25, -0.2) is 4.79 Å². The van der Waals surface area contributed by atoms with E-state index in [1.54, 1.807) is 0 Å². The average Bonchev–Trinajstić information content (AvgIpc) is 2.62. The smallest absolute Gasteiger partial charge is 0.317 e. The minimum absolute atomic E-state index is 0.0661. The highest BCUT2D eigenvalue weighted by Crippen LogP contribution is 2.21. The van der Waals surface area contributed by atoms with Crippen molar-refractivity contribution in [2.24, 2.45) is 5.92 Å². The van der Waals surface area contributed by atoms with E-state index in [-0.39, 0.29) is 6.03 Å². The monoisotopic (exact) mass is 322 g/mol. The first-order valence-electron chi connectivity index (χ1n) is 8.83. The highest BCUT2D eigenvalue weighted by molar-refractivity contribution is 5.74. The molecule has 1 saturated heterocycles. The third-order valence-corrected chi connectivity index (χ3v) is 4.96. The zero-order valence-electron chi connectivity index (χ0n) is 14.4. The first-order chi connectivity index (χ1) is 11.7. The summed E-state index contributed by atoms with van der Waals surface area (Å²) < 4.78 is 0. The van der Waals surface area contributed by atoms with E-state index >= 15 is 0 Å². The Morgan fingerprint density at radius 1 is 1.04 bits per heavy atom. The van der Waals surface area contributed by atoms with Crippen molar-refractivity contribution in [2.45, 2.75) is 32.7 Å². The van der Waals surface area contributed by atoms with E-state index in [2.05, 4.69) is 54.7 Å². The molecule has 24 heavy (non-hydrogen) atoms. The second-order valence-corrected chi connectivity index (χ2v) is 6.71. The van der Waals surface area contributed by atoms with Crippen molar-refractivity contribution in [3.63, 3.8) is 0 Å². The van der Waals surface area contributed by atoms with Crippen molar-refractivity contribution in [3.05, 3.63) is 71.3 Å². The van der Waals surface area contributed by atoms with Crippen LogP contribution in [0.4, 0.5) is 4.79 Å². The number of benzene rings is 2. The molecule has 0 atom stereocenters. The van der Waals surface area contributed by atoms with Gasteiger partial charge in [0.15, 0.2) is 0 Å². The van der Waals surface area contributed by atoms with Gasteiger partial charge >= 0.3 is 6.03 Å². The Balaban J connectivity index is 1.44. The maximum absolute atomic E-state index is 12.4. The van der Waals surface area contributed by atoms with E-state index in [1.807, 2.05) is 17.0 Å². The van der Waals surface area contributed by atoms with E-state index in [9.17, 15) is 4.79 Å². The molecule has 0 aromatic heterocycles. The molecule has 1 N–H and O–H groups in total. The number of rotatable bonds is 4. The predicted molar refractivity (Wildman–Crippen MR) is 97.9 cm³/mol. The van der Waals surface area contributed by atoms with Crippen molar-refractivity contribution in [3.8, 4) is 0 Å². The minimum Gasteiger partial charge on any atom is -0.334 e. The predicted octanol–water partition coefficient (Wildman–Crippen LogP) is 4.16. The van der Waals surface area contributed by atoms with Gasteiger partial charge in [0.05, 0.1) is 0 Å². The number of carbonyl (C=O) groups is 1. The van der Waals surface area contributed by atoms with Crippen LogP contribution in [0.3, 0.4) is 0 Å². The van der Waals surface area contributed by atoms with Crippen molar-refractivity contribution >= 4 is 6.03 Å². The summed E-state index contributed by atoms with van der Waals surface area (Å²) in [6.45, 7) is 4.40. The first kappa shape index (κ1) is 16.6. The van der Waals surface area contributed by atoms with Crippen LogP contribution in [-0.4, -0.2) is 24.0 Å². The number of carbonyl (C=O) groups excluding carboxylic acids is 1. The molecule has 0 bridgehead atoms. The Bertz CT molecular complexity index is 661. The highest BCUT2D eigenvalue weighted by atomic mass is 16.2. The van der Waals surface area contributed by atoms with Crippen LogP contribution in [-0.2, 0) is 13.0 Å². The molecular formula is C21H26N2O. The molecular weight excluding hydrogens is 296 g/mol. The topological polar surface area (TPSA) is 32.3 Å². The van der Waals surface area contributed by atoms with Crippen LogP contribution in [0, 0.1) is 12.8 Å². The molecule has 2 aromatic rings. The molecule has 1 fully saturated rings. The van der Waals surface area contributed by atoms with Crippen molar-refractivity contribution in [1.82, 2.24) is 10.2 Å². The fourth-order valence-electron chi connectivity index (χ4n) is 3.38. The standard InChI is InChI=1S/C21H26N2O/c1-17-7-5-6-10-20(17)16-22-21(24)23-13-11-19(12-14-23)15-18-8-3-2-4-9-18/h2-10,19H,11-16H2,1H3,(H,22,24). The molecule has 0 saturated carbocycles. The Morgan fingerprint density at radius 3 is 2.42 bits per heavy atom. The van der Waals surface area contributed by atoms with Gasteiger partial charge in [-0.3, -0.25) is 0 Å². The van der Waals surface area contributed by atoms with Crippen LogP contribution in [0.1, 0.15) is 29.5 Å². The summed E-state index contributed by atoms with van der Waals surface area (Å²) in [5.74, 6) is 0.688. The zero-order valence-corrected chi connectivity index (χ0v) is 14.4. The Kier molecular flexibility index (Phi) is 5.52. The van der Waals surface area contributed by atoms with Gasteiger partial charge < -0.3 is 10.2 Å². The van der Waals surface area contributed by atoms with Gasteiger partial charge in [0.1, 0.15) is 0 Å². The van der Waals surface area contributed by atoms with Crippen molar-refractivity contribution in [1.29, 1.82) is 0 Å². The Labute approximate surface area is 144 Å². The molecule has 1 heterocycles. The molecule has 0 radical (unpaired) electrons. The molecule has 0 unspecified atom stereocenters. The largest absolute Gasteiger partial charge is 0.334 e. The Hall–Kier alpha value is -2.29. The molecule has 0 aliphatic carbocycles. The van der Waals surface area contributed by atoms with Gasteiger partial charge in [-0.1, -0.05) is 54.6 Å². The lowest BCUT2D eigenvalue weighted by atomic mass is 9.90. The van der Waals surface area contributed by atoms with Gasteiger partial charge in [-0.15, -0.1) is 0 Å². The summed E-state index contributed by atoms with van der Waals surface area (Å²) in [6, 6.07) is 18.9. The van der Waals surface area contributed by atoms with Crippen LogP contribution >= 0.6 is 0 Å². The van der Waals surface area contributed by atoms with Crippen LogP contribution in [0.15, 0.2) is 54.6 Å². The SMILES string of the molecule is Cc1ccccc1CNC(=O)N1CCC(Cc2ccccc2)CC1. The van der Waals surface area contributed by atoms with Gasteiger partial charge in [0.2, 0.25) is 0 Å². The van der Waals surface area contributed by atoms with Crippen LogP contribution in [0.2, 0.25) is 0 Å². The number of hydrogen-bond donors (Lipinski definition) is 1. The molecule has 2 aromatic carbocycles. The maximum atomic E-state index is 12.4. The number of aryl methyl sites for hydroxylation is 1. The third kappa shape index (κ3) is 4.38. The number of urea groups is 1. The zero-order chi connectivity index (χ0) is 16.8. The lowest BCUT2D eigenvalue weighted by Gasteiger charge is -2.32. The number of piperidine rings is 1. The highest BCUT2D eigenvalue weighted by Gasteiger charge is 2.22. The third-order valence-electron chi connectivity index (χ3n) is 4.96. The van der Waals surface area contributed by atoms with E-state index < -0.39 is 0 Å². The summed E-state index contributed by atoms with van der Waals surface area (Å²) in [5, 5.41) is 3.06. The van der Waals surface area contributed by atoms with E-state index in [0.29, 0.717) is 12.5 Å². The quantitative estimate of drug-likeness (QED) is 0.900. The van der Waals surface area contributed by atoms with E-state index in [0.717, 1.165) is 32.4 Å². The molecule has 2 amide bonds. The van der Waals surface area contributed by atoms with E-state index in [1.165, 1.54) is 16.7 Å². The molecule has 126 valence electrons. The van der Waals surface area contributed by atoms with E-state index in [4.69, 9.17) is 0 Å². The summed E-state index contributed by atoms with van der Waals surface area (Å²) in [5.41, 5.74) is 3.81. The second kappa shape index (κ2) is 8.00. The lowest BCUT2D eigenvalue weighted by molar-refractivity contribution is 0.170. The average molecular weight is 322 g/mol. The summed E-state index contributed by atoms with van der Waals surface area (Å²) in [6.07, 6.45) is 3.30. The molecule has 1 aliphatic rings. The van der Waals surface area contributed by atoms with Gasteiger partial charge in [0.25, 0.3) is 0 Å². The van der Waals surface area contributed by atoms with Crippen LogP contribution < -0.4 is 5.32 Å².